The third-order valence-electron chi connectivity index (χ3n) is 3.61. The minimum Gasteiger partial charge on any atom is -0.454 e. The predicted octanol–water partition coefficient (Wildman–Crippen LogP) is 3.45. The maximum atomic E-state index is 12.0. The molecule has 120 valence electrons. The summed E-state index contributed by atoms with van der Waals surface area (Å²) in [5, 5.41) is 7.29. The molecule has 0 radical (unpaired) electrons. The van der Waals surface area contributed by atoms with Crippen LogP contribution in [0.25, 0.3) is 0 Å². The SMILES string of the molecule is CCCCCCNC(=O)c1ccc(Cn2nc(C)cc2C)o1. The van der Waals surface area contributed by atoms with Crippen LogP contribution in [0.3, 0.4) is 0 Å². The van der Waals surface area contributed by atoms with Gasteiger partial charge in [-0.05, 0) is 38.5 Å². The first-order valence-electron chi connectivity index (χ1n) is 7.98. The van der Waals surface area contributed by atoms with Gasteiger partial charge in [0.05, 0.1) is 12.2 Å². The summed E-state index contributed by atoms with van der Waals surface area (Å²) in [5.41, 5.74) is 2.06. The lowest BCUT2D eigenvalue weighted by atomic mass is 10.2. The average Bonchev–Trinajstić information content (AvgIpc) is 3.06. The number of aromatic nitrogens is 2. The molecule has 0 aliphatic heterocycles. The highest BCUT2D eigenvalue weighted by molar-refractivity contribution is 5.91. The van der Waals surface area contributed by atoms with Gasteiger partial charge in [0, 0.05) is 12.2 Å². The molecular formula is C17H25N3O2. The van der Waals surface area contributed by atoms with Crippen molar-refractivity contribution in [3.05, 3.63) is 41.1 Å². The fourth-order valence-electron chi connectivity index (χ4n) is 2.41. The predicted molar refractivity (Wildman–Crippen MR) is 86.0 cm³/mol. The lowest BCUT2D eigenvalue weighted by molar-refractivity contribution is 0.0923. The Morgan fingerprint density at radius 2 is 2.09 bits per heavy atom. The van der Waals surface area contributed by atoms with Crippen molar-refractivity contribution in [3.63, 3.8) is 0 Å². The zero-order chi connectivity index (χ0) is 15.9. The Balaban J connectivity index is 1.85. The van der Waals surface area contributed by atoms with Gasteiger partial charge in [0.25, 0.3) is 5.91 Å². The van der Waals surface area contributed by atoms with E-state index in [1.165, 1.54) is 12.8 Å². The summed E-state index contributed by atoms with van der Waals surface area (Å²) in [4.78, 5) is 12.0. The van der Waals surface area contributed by atoms with Crippen molar-refractivity contribution in [1.82, 2.24) is 15.1 Å². The second kappa shape index (κ2) is 7.82. The standard InChI is InChI=1S/C17H25N3O2/c1-4-5-6-7-10-18-17(21)16-9-8-15(22-16)12-20-14(3)11-13(2)19-20/h8-9,11H,4-7,10,12H2,1-3H3,(H,18,21). The van der Waals surface area contributed by atoms with Crippen molar-refractivity contribution in [2.24, 2.45) is 0 Å². The van der Waals surface area contributed by atoms with Crippen LogP contribution in [0.1, 0.15) is 60.3 Å². The van der Waals surface area contributed by atoms with Crippen LogP contribution in [0.5, 0.6) is 0 Å². The van der Waals surface area contributed by atoms with E-state index in [2.05, 4.69) is 17.3 Å². The van der Waals surface area contributed by atoms with E-state index < -0.39 is 0 Å². The van der Waals surface area contributed by atoms with Gasteiger partial charge in [0.1, 0.15) is 5.76 Å². The van der Waals surface area contributed by atoms with Gasteiger partial charge in [-0.3, -0.25) is 9.48 Å². The molecule has 1 N–H and O–H groups in total. The number of hydrogen-bond donors (Lipinski definition) is 1. The molecule has 0 spiro atoms. The molecule has 0 atom stereocenters. The summed E-state index contributed by atoms with van der Waals surface area (Å²) in [5.74, 6) is 0.963. The first kappa shape index (κ1) is 16.3. The van der Waals surface area contributed by atoms with Crippen LogP contribution < -0.4 is 5.32 Å². The van der Waals surface area contributed by atoms with Gasteiger partial charge in [-0.1, -0.05) is 26.2 Å². The number of aryl methyl sites for hydroxylation is 2. The Morgan fingerprint density at radius 1 is 1.27 bits per heavy atom. The number of furan rings is 1. The summed E-state index contributed by atoms with van der Waals surface area (Å²) < 4.78 is 7.49. The summed E-state index contributed by atoms with van der Waals surface area (Å²) in [6.07, 6.45) is 4.57. The number of hydrogen-bond acceptors (Lipinski definition) is 3. The molecular weight excluding hydrogens is 278 g/mol. The third kappa shape index (κ3) is 4.48. The molecule has 0 saturated carbocycles. The Morgan fingerprint density at radius 3 is 2.77 bits per heavy atom. The number of nitrogens with zero attached hydrogens (tertiary/aromatic N) is 2. The van der Waals surface area contributed by atoms with Crippen molar-refractivity contribution in [1.29, 1.82) is 0 Å². The Kier molecular flexibility index (Phi) is 5.81. The maximum Gasteiger partial charge on any atom is 0.286 e. The molecule has 0 bridgehead atoms. The highest BCUT2D eigenvalue weighted by atomic mass is 16.4. The number of rotatable bonds is 8. The van der Waals surface area contributed by atoms with Crippen molar-refractivity contribution >= 4 is 5.91 Å². The monoisotopic (exact) mass is 303 g/mol. The van der Waals surface area contributed by atoms with Gasteiger partial charge in [-0.15, -0.1) is 0 Å². The largest absolute Gasteiger partial charge is 0.454 e. The quantitative estimate of drug-likeness (QED) is 0.760. The molecule has 1 amide bonds. The van der Waals surface area contributed by atoms with Gasteiger partial charge in [-0.25, -0.2) is 0 Å². The van der Waals surface area contributed by atoms with Gasteiger partial charge >= 0.3 is 0 Å². The first-order chi connectivity index (χ1) is 10.6. The average molecular weight is 303 g/mol. The molecule has 2 heterocycles. The van der Waals surface area contributed by atoms with Crippen LogP contribution in [-0.2, 0) is 6.54 Å². The van der Waals surface area contributed by atoms with Crippen molar-refractivity contribution in [2.75, 3.05) is 6.54 Å². The molecule has 2 aromatic rings. The number of nitrogens with one attached hydrogen (secondary N) is 1. The van der Waals surface area contributed by atoms with E-state index in [-0.39, 0.29) is 5.91 Å². The van der Waals surface area contributed by atoms with Crippen LogP contribution in [-0.4, -0.2) is 22.2 Å². The van der Waals surface area contributed by atoms with E-state index in [1.54, 1.807) is 6.07 Å². The topological polar surface area (TPSA) is 60.1 Å². The zero-order valence-corrected chi connectivity index (χ0v) is 13.7. The number of carbonyl (C=O) groups excluding carboxylic acids is 1. The van der Waals surface area contributed by atoms with E-state index in [4.69, 9.17) is 4.42 Å². The Hall–Kier alpha value is -2.04. The summed E-state index contributed by atoms with van der Waals surface area (Å²) in [6.45, 7) is 7.39. The van der Waals surface area contributed by atoms with Gasteiger partial charge < -0.3 is 9.73 Å². The zero-order valence-electron chi connectivity index (χ0n) is 13.7. The smallest absolute Gasteiger partial charge is 0.286 e. The lowest BCUT2D eigenvalue weighted by Crippen LogP contribution is -2.23. The lowest BCUT2D eigenvalue weighted by Gasteiger charge is -2.03. The van der Waals surface area contributed by atoms with Crippen LogP contribution in [0.15, 0.2) is 22.6 Å². The highest BCUT2D eigenvalue weighted by Crippen LogP contribution is 2.11. The fraction of sp³-hybridized carbons (Fsp3) is 0.529. The minimum atomic E-state index is -0.142. The van der Waals surface area contributed by atoms with E-state index in [1.807, 2.05) is 30.7 Å². The van der Waals surface area contributed by atoms with Gasteiger partial charge in [0.2, 0.25) is 0 Å². The summed E-state index contributed by atoms with van der Waals surface area (Å²) >= 11 is 0. The maximum absolute atomic E-state index is 12.0. The van der Waals surface area contributed by atoms with E-state index in [0.717, 1.165) is 30.0 Å². The highest BCUT2D eigenvalue weighted by Gasteiger charge is 2.11. The van der Waals surface area contributed by atoms with E-state index in [9.17, 15) is 4.79 Å². The fourth-order valence-corrected chi connectivity index (χ4v) is 2.41. The summed E-state index contributed by atoms with van der Waals surface area (Å²) in [7, 11) is 0. The molecule has 0 unspecified atom stereocenters. The van der Waals surface area contributed by atoms with Gasteiger partial charge in [-0.2, -0.15) is 5.10 Å². The molecule has 0 saturated heterocycles. The first-order valence-corrected chi connectivity index (χ1v) is 7.98. The molecule has 2 rings (SSSR count). The second-order valence-electron chi connectivity index (χ2n) is 5.67. The van der Waals surface area contributed by atoms with Crippen LogP contribution in [0, 0.1) is 13.8 Å². The van der Waals surface area contributed by atoms with Crippen molar-refractivity contribution < 1.29 is 9.21 Å². The van der Waals surface area contributed by atoms with Gasteiger partial charge in [0.15, 0.2) is 5.76 Å². The molecule has 0 aromatic carbocycles. The normalized spacial score (nSPS) is 10.9. The molecule has 22 heavy (non-hydrogen) atoms. The molecule has 0 aliphatic rings. The van der Waals surface area contributed by atoms with Crippen LogP contribution in [0.4, 0.5) is 0 Å². The number of carbonyl (C=O) groups is 1. The molecule has 0 aliphatic carbocycles. The van der Waals surface area contributed by atoms with E-state index >= 15 is 0 Å². The van der Waals surface area contributed by atoms with Crippen LogP contribution >= 0.6 is 0 Å². The minimum absolute atomic E-state index is 0.142. The molecule has 5 heteroatoms. The Labute approximate surface area is 131 Å². The summed E-state index contributed by atoms with van der Waals surface area (Å²) in [6, 6.07) is 5.58. The molecule has 2 aromatic heterocycles. The Bertz CT molecular complexity index is 613. The third-order valence-corrected chi connectivity index (χ3v) is 3.61. The number of unbranched alkanes of at least 4 members (excludes halogenated alkanes) is 3. The molecule has 0 fully saturated rings. The van der Waals surface area contributed by atoms with Crippen LogP contribution in [0.2, 0.25) is 0 Å². The number of amides is 1. The van der Waals surface area contributed by atoms with Crippen molar-refractivity contribution in [2.45, 2.75) is 53.0 Å². The van der Waals surface area contributed by atoms with Crippen molar-refractivity contribution in [3.8, 4) is 0 Å². The molecule has 5 nitrogen and oxygen atoms in total. The van der Waals surface area contributed by atoms with E-state index in [0.29, 0.717) is 18.8 Å². The second-order valence-corrected chi connectivity index (χ2v) is 5.67.